The number of rotatable bonds is 5. The van der Waals surface area contributed by atoms with Gasteiger partial charge in [0, 0.05) is 18.5 Å². The van der Waals surface area contributed by atoms with Gasteiger partial charge in [-0.3, -0.25) is 9.88 Å². The Morgan fingerprint density at radius 3 is 2.79 bits per heavy atom. The van der Waals surface area contributed by atoms with Crippen molar-refractivity contribution in [3.05, 3.63) is 42.1 Å². The molecule has 19 heavy (non-hydrogen) atoms. The van der Waals surface area contributed by atoms with E-state index in [2.05, 4.69) is 41.1 Å². The Hall–Kier alpha value is -1.92. The minimum Gasteiger partial charge on any atom is -0.296 e. The number of hydrogen-bond acceptors (Lipinski definition) is 3. The maximum absolute atomic E-state index is 8.89. The van der Waals surface area contributed by atoms with Crippen molar-refractivity contribution in [2.45, 2.75) is 20.4 Å². The molecule has 1 aromatic carbocycles. The summed E-state index contributed by atoms with van der Waals surface area (Å²) in [6, 6.07) is 14.6. The number of fused-ring (bicyclic) bond motifs is 1. The van der Waals surface area contributed by atoms with Gasteiger partial charge in [0.25, 0.3) is 0 Å². The van der Waals surface area contributed by atoms with Crippen molar-refractivity contribution in [1.29, 1.82) is 5.26 Å². The van der Waals surface area contributed by atoms with Crippen LogP contribution in [0.25, 0.3) is 10.9 Å². The molecule has 0 aliphatic heterocycles. The zero-order chi connectivity index (χ0) is 13.7. The van der Waals surface area contributed by atoms with Crippen molar-refractivity contribution < 1.29 is 0 Å². The molecular formula is C16H19N3. The van der Waals surface area contributed by atoms with Gasteiger partial charge in [0.15, 0.2) is 0 Å². The fourth-order valence-corrected chi connectivity index (χ4v) is 2.16. The van der Waals surface area contributed by atoms with Crippen molar-refractivity contribution in [1.82, 2.24) is 9.88 Å². The molecule has 1 atom stereocenters. The summed E-state index contributed by atoms with van der Waals surface area (Å²) in [7, 11) is 0. The second kappa shape index (κ2) is 6.31. The molecule has 1 unspecified atom stereocenters. The van der Waals surface area contributed by atoms with E-state index in [9.17, 15) is 0 Å². The summed E-state index contributed by atoms with van der Waals surface area (Å²) in [5, 5.41) is 10.1. The molecule has 0 N–H and O–H groups in total. The SMILES string of the molecule is CCN(Cc1ccc2ccccc2n1)CC(C)C#N. The lowest BCUT2D eigenvalue weighted by atomic mass is 10.1. The van der Waals surface area contributed by atoms with Crippen LogP contribution in [0.5, 0.6) is 0 Å². The maximum atomic E-state index is 8.89. The van der Waals surface area contributed by atoms with E-state index < -0.39 is 0 Å². The molecule has 3 heteroatoms. The summed E-state index contributed by atoms with van der Waals surface area (Å²) in [6.07, 6.45) is 0. The Kier molecular flexibility index (Phi) is 4.48. The summed E-state index contributed by atoms with van der Waals surface area (Å²) < 4.78 is 0. The lowest BCUT2D eigenvalue weighted by Gasteiger charge is -2.21. The summed E-state index contributed by atoms with van der Waals surface area (Å²) in [6.45, 7) is 6.59. The molecule has 0 aliphatic carbocycles. The zero-order valence-corrected chi connectivity index (χ0v) is 11.5. The van der Waals surface area contributed by atoms with E-state index in [1.54, 1.807) is 0 Å². The second-order valence-corrected chi connectivity index (χ2v) is 4.85. The van der Waals surface area contributed by atoms with Gasteiger partial charge in [-0.25, -0.2) is 0 Å². The van der Waals surface area contributed by atoms with E-state index in [0.29, 0.717) is 0 Å². The van der Waals surface area contributed by atoms with Gasteiger partial charge < -0.3 is 0 Å². The monoisotopic (exact) mass is 253 g/mol. The molecule has 98 valence electrons. The van der Waals surface area contributed by atoms with Crippen molar-refractivity contribution in [2.24, 2.45) is 5.92 Å². The molecular weight excluding hydrogens is 234 g/mol. The Morgan fingerprint density at radius 2 is 2.05 bits per heavy atom. The number of aromatic nitrogens is 1. The highest BCUT2D eigenvalue weighted by molar-refractivity contribution is 5.78. The fourth-order valence-electron chi connectivity index (χ4n) is 2.16. The second-order valence-electron chi connectivity index (χ2n) is 4.85. The van der Waals surface area contributed by atoms with E-state index >= 15 is 0 Å². The highest BCUT2D eigenvalue weighted by Gasteiger charge is 2.09. The first-order valence-electron chi connectivity index (χ1n) is 6.69. The lowest BCUT2D eigenvalue weighted by Crippen LogP contribution is -2.27. The van der Waals surface area contributed by atoms with Crippen molar-refractivity contribution in [3.63, 3.8) is 0 Å². The number of benzene rings is 1. The van der Waals surface area contributed by atoms with Crippen LogP contribution in [-0.2, 0) is 6.54 Å². The average Bonchev–Trinajstić information content (AvgIpc) is 2.46. The molecule has 0 aliphatic rings. The van der Waals surface area contributed by atoms with Gasteiger partial charge in [0.2, 0.25) is 0 Å². The van der Waals surface area contributed by atoms with E-state index in [4.69, 9.17) is 5.26 Å². The predicted molar refractivity (Wildman–Crippen MR) is 77.5 cm³/mol. The summed E-state index contributed by atoms with van der Waals surface area (Å²) >= 11 is 0. The minimum absolute atomic E-state index is 0.0559. The van der Waals surface area contributed by atoms with Crippen molar-refractivity contribution in [3.8, 4) is 6.07 Å². The number of nitrogens with zero attached hydrogens (tertiary/aromatic N) is 3. The average molecular weight is 253 g/mol. The van der Waals surface area contributed by atoms with Crippen LogP contribution in [0.2, 0.25) is 0 Å². The summed E-state index contributed by atoms with van der Waals surface area (Å²) in [5.41, 5.74) is 2.09. The largest absolute Gasteiger partial charge is 0.296 e. The van der Waals surface area contributed by atoms with Crippen LogP contribution >= 0.6 is 0 Å². The van der Waals surface area contributed by atoms with Gasteiger partial charge in [-0.1, -0.05) is 31.2 Å². The van der Waals surface area contributed by atoms with E-state index in [1.807, 2.05) is 25.1 Å². The molecule has 0 saturated carbocycles. The molecule has 0 fully saturated rings. The van der Waals surface area contributed by atoms with Crippen LogP contribution in [0, 0.1) is 17.2 Å². The molecule has 2 aromatic rings. The third-order valence-corrected chi connectivity index (χ3v) is 3.24. The number of para-hydroxylation sites is 1. The van der Waals surface area contributed by atoms with Gasteiger partial charge in [-0.05, 0) is 25.6 Å². The Balaban J connectivity index is 2.13. The van der Waals surface area contributed by atoms with E-state index in [-0.39, 0.29) is 5.92 Å². The summed E-state index contributed by atoms with van der Waals surface area (Å²) in [5.74, 6) is 0.0559. The molecule has 3 nitrogen and oxygen atoms in total. The van der Waals surface area contributed by atoms with E-state index in [1.165, 1.54) is 5.39 Å². The molecule has 0 radical (unpaired) electrons. The third kappa shape index (κ3) is 3.52. The maximum Gasteiger partial charge on any atom is 0.0705 e. The lowest BCUT2D eigenvalue weighted by molar-refractivity contribution is 0.258. The van der Waals surface area contributed by atoms with Gasteiger partial charge in [0.1, 0.15) is 0 Å². The number of pyridine rings is 1. The van der Waals surface area contributed by atoms with Crippen LogP contribution < -0.4 is 0 Å². The first-order chi connectivity index (χ1) is 9.22. The normalized spacial score (nSPS) is 12.5. The Morgan fingerprint density at radius 1 is 1.26 bits per heavy atom. The first kappa shape index (κ1) is 13.5. The quantitative estimate of drug-likeness (QED) is 0.821. The van der Waals surface area contributed by atoms with Crippen LogP contribution in [0.15, 0.2) is 36.4 Å². The van der Waals surface area contributed by atoms with Crippen LogP contribution in [0.4, 0.5) is 0 Å². The van der Waals surface area contributed by atoms with E-state index in [0.717, 1.165) is 30.8 Å². The van der Waals surface area contributed by atoms with Gasteiger partial charge in [0.05, 0.1) is 23.2 Å². The van der Waals surface area contributed by atoms with Crippen LogP contribution in [-0.4, -0.2) is 23.0 Å². The third-order valence-electron chi connectivity index (χ3n) is 3.24. The molecule has 0 amide bonds. The molecule has 0 spiro atoms. The number of nitriles is 1. The van der Waals surface area contributed by atoms with Gasteiger partial charge in [-0.15, -0.1) is 0 Å². The Labute approximate surface area is 114 Å². The van der Waals surface area contributed by atoms with Gasteiger partial charge in [-0.2, -0.15) is 5.26 Å². The first-order valence-corrected chi connectivity index (χ1v) is 6.69. The highest BCUT2D eigenvalue weighted by Crippen LogP contribution is 2.13. The molecule has 2 rings (SSSR count). The highest BCUT2D eigenvalue weighted by atomic mass is 15.1. The van der Waals surface area contributed by atoms with Crippen molar-refractivity contribution in [2.75, 3.05) is 13.1 Å². The standard InChI is InChI=1S/C16H19N3/c1-3-19(11-13(2)10-17)12-15-9-8-14-6-4-5-7-16(14)18-15/h4-9,13H,3,11-12H2,1-2H3. The van der Waals surface area contributed by atoms with Gasteiger partial charge >= 0.3 is 0 Å². The minimum atomic E-state index is 0.0559. The predicted octanol–water partition coefficient (Wildman–Crippen LogP) is 3.22. The molecule has 1 aromatic heterocycles. The van der Waals surface area contributed by atoms with Crippen molar-refractivity contribution >= 4 is 10.9 Å². The topological polar surface area (TPSA) is 39.9 Å². The zero-order valence-electron chi connectivity index (χ0n) is 11.5. The molecule has 1 heterocycles. The number of hydrogen-bond donors (Lipinski definition) is 0. The molecule has 0 bridgehead atoms. The Bertz CT molecular complexity index is 586. The smallest absolute Gasteiger partial charge is 0.0705 e. The van der Waals surface area contributed by atoms with Crippen LogP contribution in [0.1, 0.15) is 19.5 Å². The van der Waals surface area contributed by atoms with Crippen LogP contribution in [0.3, 0.4) is 0 Å². The fraction of sp³-hybridized carbons (Fsp3) is 0.375. The molecule has 0 saturated heterocycles. The summed E-state index contributed by atoms with van der Waals surface area (Å²) in [4.78, 5) is 6.93.